The van der Waals surface area contributed by atoms with Crippen LogP contribution in [0.15, 0.2) is 35.0 Å². The molecule has 0 spiro atoms. The summed E-state index contributed by atoms with van der Waals surface area (Å²) in [5.74, 6) is 0.963. The van der Waals surface area contributed by atoms with E-state index in [4.69, 9.17) is 4.42 Å². The number of allylic oxidation sites excluding steroid dienone is 1. The number of carbonyl (C=O) groups is 1. The van der Waals surface area contributed by atoms with E-state index in [1.54, 1.807) is 29.1 Å². The summed E-state index contributed by atoms with van der Waals surface area (Å²) in [6.07, 6.45) is 6.84. The second-order valence-electron chi connectivity index (χ2n) is 3.74. The van der Waals surface area contributed by atoms with Gasteiger partial charge in [-0.1, -0.05) is 0 Å². The first-order valence-corrected chi connectivity index (χ1v) is 5.50. The number of rotatable bonds is 4. The van der Waals surface area contributed by atoms with Crippen LogP contribution in [0.5, 0.6) is 0 Å². The van der Waals surface area contributed by atoms with E-state index < -0.39 is 0 Å². The Morgan fingerprint density at radius 3 is 2.94 bits per heavy atom. The summed E-state index contributed by atoms with van der Waals surface area (Å²) in [5, 5.41) is 4.12. The summed E-state index contributed by atoms with van der Waals surface area (Å²) < 4.78 is 7.05. The lowest BCUT2D eigenvalue weighted by molar-refractivity contribution is 0.102. The van der Waals surface area contributed by atoms with Crippen LogP contribution in [0.25, 0.3) is 6.08 Å². The zero-order valence-corrected chi connectivity index (χ0v) is 9.88. The van der Waals surface area contributed by atoms with Gasteiger partial charge in [-0.3, -0.25) is 9.48 Å². The Labute approximate surface area is 99.6 Å². The number of aryl methyl sites for hydroxylation is 2. The average Bonchev–Trinajstić information content (AvgIpc) is 2.94. The quantitative estimate of drug-likeness (QED) is 0.599. The lowest BCUT2D eigenvalue weighted by atomic mass is 10.2. The van der Waals surface area contributed by atoms with Gasteiger partial charge >= 0.3 is 0 Å². The predicted molar refractivity (Wildman–Crippen MR) is 64.7 cm³/mol. The van der Waals surface area contributed by atoms with Crippen molar-refractivity contribution in [3.05, 3.63) is 47.7 Å². The Kier molecular flexibility index (Phi) is 3.23. The molecular formula is C13H14N2O2. The first-order valence-electron chi connectivity index (χ1n) is 5.50. The van der Waals surface area contributed by atoms with Crippen LogP contribution in [-0.2, 0) is 6.54 Å². The minimum absolute atomic E-state index is 0.137. The van der Waals surface area contributed by atoms with E-state index in [1.165, 1.54) is 6.08 Å². The molecule has 0 saturated carbocycles. The lowest BCUT2D eigenvalue weighted by Gasteiger charge is -1.90. The normalized spacial score (nSPS) is 11.2. The fourth-order valence-electron chi connectivity index (χ4n) is 1.46. The molecule has 2 heterocycles. The van der Waals surface area contributed by atoms with Gasteiger partial charge in [0.05, 0.1) is 6.20 Å². The van der Waals surface area contributed by atoms with Gasteiger partial charge in [0, 0.05) is 18.3 Å². The summed E-state index contributed by atoms with van der Waals surface area (Å²) in [5.41, 5.74) is 0.906. The van der Waals surface area contributed by atoms with Crippen molar-refractivity contribution in [2.24, 2.45) is 0 Å². The van der Waals surface area contributed by atoms with E-state index in [1.807, 2.05) is 20.0 Å². The minimum atomic E-state index is -0.137. The maximum atomic E-state index is 11.7. The Hall–Kier alpha value is -2.10. The number of nitrogens with zero attached hydrogens (tertiary/aromatic N) is 2. The first kappa shape index (κ1) is 11.4. The molecule has 17 heavy (non-hydrogen) atoms. The molecule has 2 aromatic heterocycles. The third-order valence-corrected chi connectivity index (χ3v) is 2.39. The number of ketones is 1. The van der Waals surface area contributed by atoms with E-state index in [0.29, 0.717) is 5.76 Å². The number of carbonyl (C=O) groups excluding carboxylic acids is 1. The van der Waals surface area contributed by atoms with Crippen LogP contribution in [0.2, 0.25) is 0 Å². The smallest absolute Gasteiger partial charge is 0.221 e. The molecule has 0 aromatic carbocycles. The molecule has 0 aliphatic carbocycles. The molecular weight excluding hydrogens is 216 g/mol. The van der Waals surface area contributed by atoms with E-state index in [-0.39, 0.29) is 5.78 Å². The van der Waals surface area contributed by atoms with Crippen molar-refractivity contribution in [3.8, 4) is 0 Å². The summed E-state index contributed by atoms with van der Waals surface area (Å²) in [6, 6.07) is 3.45. The third-order valence-electron chi connectivity index (χ3n) is 2.39. The maximum Gasteiger partial charge on any atom is 0.221 e. The molecule has 4 heteroatoms. The van der Waals surface area contributed by atoms with E-state index in [0.717, 1.165) is 17.9 Å². The van der Waals surface area contributed by atoms with E-state index in [9.17, 15) is 4.79 Å². The lowest BCUT2D eigenvalue weighted by Crippen LogP contribution is -1.92. The van der Waals surface area contributed by atoms with Crippen LogP contribution in [0, 0.1) is 6.92 Å². The van der Waals surface area contributed by atoms with Gasteiger partial charge in [0.2, 0.25) is 5.78 Å². The Morgan fingerprint density at radius 2 is 2.35 bits per heavy atom. The van der Waals surface area contributed by atoms with E-state index >= 15 is 0 Å². The minimum Gasteiger partial charge on any atom is -0.458 e. The molecule has 0 N–H and O–H groups in total. The zero-order chi connectivity index (χ0) is 12.3. The van der Waals surface area contributed by atoms with Gasteiger partial charge < -0.3 is 4.42 Å². The standard InChI is InChI=1S/C13H14N2O2/c1-3-15-9-11(8-14-15)5-6-12(16)13-7-4-10(2)17-13/h4-9H,3H2,1-2H3/b6-5+. The number of furan rings is 1. The van der Waals surface area contributed by atoms with Gasteiger partial charge in [-0.05, 0) is 38.1 Å². The zero-order valence-electron chi connectivity index (χ0n) is 9.88. The van der Waals surface area contributed by atoms with Crippen LogP contribution in [0.3, 0.4) is 0 Å². The molecule has 0 aliphatic rings. The molecule has 2 rings (SSSR count). The summed E-state index contributed by atoms with van der Waals surface area (Å²) in [4.78, 5) is 11.7. The molecule has 0 atom stereocenters. The van der Waals surface area contributed by atoms with Gasteiger partial charge in [0.25, 0.3) is 0 Å². The molecule has 2 aromatic rings. The Morgan fingerprint density at radius 1 is 1.53 bits per heavy atom. The fraction of sp³-hybridized carbons (Fsp3) is 0.231. The van der Waals surface area contributed by atoms with Crippen LogP contribution < -0.4 is 0 Å². The summed E-state index contributed by atoms with van der Waals surface area (Å²) in [7, 11) is 0. The van der Waals surface area contributed by atoms with Gasteiger partial charge in [-0.25, -0.2) is 0 Å². The molecule has 0 bridgehead atoms. The molecule has 0 unspecified atom stereocenters. The Bertz CT molecular complexity index is 549. The van der Waals surface area contributed by atoms with Crippen molar-refractivity contribution in [2.45, 2.75) is 20.4 Å². The van der Waals surface area contributed by atoms with Gasteiger partial charge in [0.1, 0.15) is 5.76 Å². The number of aromatic nitrogens is 2. The van der Waals surface area contributed by atoms with Crippen LogP contribution in [0.1, 0.15) is 28.8 Å². The SMILES string of the molecule is CCn1cc(/C=C/C(=O)c2ccc(C)o2)cn1. The molecule has 4 nitrogen and oxygen atoms in total. The highest BCUT2D eigenvalue weighted by Crippen LogP contribution is 2.09. The molecule has 0 fully saturated rings. The first-order chi connectivity index (χ1) is 8.19. The number of hydrogen-bond donors (Lipinski definition) is 0. The maximum absolute atomic E-state index is 11.7. The van der Waals surface area contributed by atoms with Gasteiger partial charge in [0.15, 0.2) is 5.76 Å². The monoisotopic (exact) mass is 230 g/mol. The van der Waals surface area contributed by atoms with Crippen molar-refractivity contribution in [1.29, 1.82) is 0 Å². The van der Waals surface area contributed by atoms with Crippen LogP contribution >= 0.6 is 0 Å². The fourth-order valence-corrected chi connectivity index (χ4v) is 1.46. The van der Waals surface area contributed by atoms with Crippen molar-refractivity contribution >= 4 is 11.9 Å². The summed E-state index contributed by atoms with van der Waals surface area (Å²) >= 11 is 0. The molecule has 88 valence electrons. The molecule has 0 radical (unpaired) electrons. The Balaban J connectivity index is 2.08. The van der Waals surface area contributed by atoms with Gasteiger partial charge in [-0.15, -0.1) is 0 Å². The van der Waals surface area contributed by atoms with Crippen molar-refractivity contribution in [2.75, 3.05) is 0 Å². The van der Waals surface area contributed by atoms with Crippen molar-refractivity contribution in [1.82, 2.24) is 9.78 Å². The second-order valence-corrected chi connectivity index (χ2v) is 3.74. The molecule has 0 aliphatic heterocycles. The highest BCUT2D eigenvalue weighted by atomic mass is 16.3. The van der Waals surface area contributed by atoms with Crippen molar-refractivity contribution in [3.63, 3.8) is 0 Å². The summed E-state index contributed by atoms with van der Waals surface area (Å²) in [6.45, 7) is 4.64. The molecule has 0 saturated heterocycles. The second kappa shape index (κ2) is 4.82. The predicted octanol–water partition coefficient (Wildman–Crippen LogP) is 2.70. The average molecular weight is 230 g/mol. The van der Waals surface area contributed by atoms with Crippen molar-refractivity contribution < 1.29 is 9.21 Å². The van der Waals surface area contributed by atoms with Crippen LogP contribution in [-0.4, -0.2) is 15.6 Å². The topological polar surface area (TPSA) is 48.0 Å². The highest BCUT2D eigenvalue weighted by molar-refractivity contribution is 6.04. The van der Waals surface area contributed by atoms with Crippen LogP contribution in [0.4, 0.5) is 0 Å². The highest BCUT2D eigenvalue weighted by Gasteiger charge is 2.05. The largest absolute Gasteiger partial charge is 0.458 e. The third kappa shape index (κ3) is 2.72. The van der Waals surface area contributed by atoms with Gasteiger partial charge in [-0.2, -0.15) is 5.10 Å². The molecule has 0 amide bonds. The number of hydrogen-bond acceptors (Lipinski definition) is 3. The van der Waals surface area contributed by atoms with E-state index in [2.05, 4.69) is 5.10 Å².